The van der Waals surface area contributed by atoms with Crippen molar-refractivity contribution in [3.8, 4) is 5.82 Å². The van der Waals surface area contributed by atoms with Gasteiger partial charge in [0.1, 0.15) is 5.69 Å². The average molecular weight is 445 g/mol. The first-order chi connectivity index (χ1) is 16.2. The number of piperidine rings is 1. The molecule has 2 aromatic carbocycles. The highest BCUT2D eigenvalue weighted by molar-refractivity contribution is 6.00. The third-order valence-electron chi connectivity index (χ3n) is 5.67. The van der Waals surface area contributed by atoms with Gasteiger partial charge in [0.25, 0.3) is 5.91 Å². The molecule has 1 saturated heterocycles. The molecule has 11 nitrogen and oxygen atoms in total. The van der Waals surface area contributed by atoms with E-state index in [1.807, 2.05) is 42.5 Å². The molecule has 0 spiro atoms. The summed E-state index contributed by atoms with van der Waals surface area (Å²) in [4.78, 5) is 15.4. The first-order valence-electron chi connectivity index (χ1n) is 10.8. The van der Waals surface area contributed by atoms with Crippen molar-refractivity contribution in [3.63, 3.8) is 0 Å². The highest BCUT2D eigenvalue weighted by atomic mass is 16.6. The predicted molar refractivity (Wildman–Crippen MR) is 122 cm³/mol. The van der Waals surface area contributed by atoms with Crippen LogP contribution < -0.4 is 11.2 Å². The number of likely N-dealkylation sites (tertiary alicyclic amines) is 1. The van der Waals surface area contributed by atoms with Crippen molar-refractivity contribution < 1.29 is 9.42 Å². The Kier molecular flexibility index (Phi) is 5.77. The molecule has 0 aliphatic carbocycles. The van der Waals surface area contributed by atoms with Crippen molar-refractivity contribution in [1.82, 2.24) is 35.6 Å². The van der Waals surface area contributed by atoms with Crippen LogP contribution in [0.4, 0.5) is 5.82 Å². The van der Waals surface area contributed by atoms with Crippen molar-refractivity contribution in [3.05, 3.63) is 59.4 Å². The minimum absolute atomic E-state index is 0.0118. The standard InChI is InChI=1S/C22H23N9O2/c23-20-21(28-33-27-20)31-19(18(25-29-31)14-30-11-4-1-5-12-30)22(32)26-24-13-16-9-6-8-15-7-2-3-10-17(15)16/h2-3,6-10,13H,1,4-5,11-12,14H2,(H2,23,27)(H,26,32)/b24-13-. The lowest BCUT2D eigenvalue weighted by molar-refractivity contribution is 0.0944. The third-order valence-corrected chi connectivity index (χ3v) is 5.67. The molecule has 5 rings (SSSR count). The molecule has 3 N–H and O–H groups in total. The Balaban J connectivity index is 1.42. The van der Waals surface area contributed by atoms with E-state index in [2.05, 4.69) is 40.7 Å². The molecular formula is C22H23N9O2. The maximum atomic E-state index is 13.2. The van der Waals surface area contributed by atoms with E-state index < -0.39 is 5.91 Å². The Morgan fingerprint density at radius 3 is 2.76 bits per heavy atom. The van der Waals surface area contributed by atoms with Crippen LogP contribution in [0.3, 0.4) is 0 Å². The summed E-state index contributed by atoms with van der Waals surface area (Å²) in [6, 6.07) is 13.9. The Morgan fingerprint density at radius 1 is 1.12 bits per heavy atom. The number of aromatic nitrogens is 5. The molecule has 3 heterocycles. The quantitative estimate of drug-likeness (QED) is 0.340. The monoisotopic (exact) mass is 445 g/mol. The maximum absolute atomic E-state index is 13.2. The van der Waals surface area contributed by atoms with Gasteiger partial charge >= 0.3 is 0 Å². The summed E-state index contributed by atoms with van der Waals surface area (Å²) in [5.41, 5.74) is 10.0. The minimum Gasteiger partial charge on any atom is -0.378 e. The zero-order chi connectivity index (χ0) is 22.6. The number of hydrazone groups is 1. The second kappa shape index (κ2) is 9.17. The number of nitrogens with two attached hydrogens (primary N) is 1. The van der Waals surface area contributed by atoms with Gasteiger partial charge in [-0.05, 0) is 47.0 Å². The fourth-order valence-electron chi connectivity index (χ4n) is 4.04. The van der Waals surface area contributed by atoms with Gasteiger partial charge in [-0.1, -0.05) is 54.1 Å². The van der Waals surface area contributed by atoms with Gasteiger partial charge in [-0.2, -0.15) is 9.78 Å². The number of nitrogens with zero attached hydrogens (tertiary/aromatic N) is 7. The topological polar surface area (TPSA) is 140 Å². The number of anilines is 1. The fraction of sp³-hybridized carbons (Fsp3) is 0.273. The molecule has 1 aliphatic rings. The molecular weight excluding hydrogens is 422 g/mol. The molecule has 11 heteroatoms. The number of fused-ring (bicyclic) bond motifs is 1. The summed E-state index contributed by atoms with van der Waals surface area (Å²) in [5, 5.41) is 22.0. The van der Waals surface area contributed by atoms with Crippen molar-refractivity contribution >= 4 is 28.7 Å². The van der Waals surface area contributed by atoms with Gasteiger partial charge in [0.15, 0.2) is 5.69 Å². The molecule has 4 aromatic rings. The summed E-state index contributed by atoms with van der Waals surface area (Å²) in [5.74, 6) is -0.362. The maximum Gasteiger partial charge on any atom is 0.292 e. The number of rotatable bonds is 6. The smallest absolute Gasteiger partial charge is 0.292 e. The zero-order valence-electron chi connectivity index (χ0n) is 17.9. The van der Waals surface area contributed by atoms with Gasteiger partial charge in [0.2, 0.25) is 11.6 Å². The first kappa shape index (κ1) is 20.8. The number of hydrogen-bond acceptors (Lipinski definition) is 9. The van der Waals surface area contributed by atoms with E-state index in [1.54, 1.807) is 6.21 Å². The van der Waals surface area contributed by atoms with Crippen molar-refractivity contribution in [2.75, 3.05) is 18.8 Å². The minimum atomic E-state index is -0.481. The zero-order valence-corrected chi connectivity index (χ0v) is 17.9. The number of nitrogen functional groups attached to an aromatic ring is 1. The molecule has 0 unspecified atom stereocenters. The van der Waals surface area contributed by atoms with Crippen LogP contribution in [0.1, 0.15) is 41.0 Å². The van der Waals surface area contributed by atoms with Crippen molar-refractivity contribution in [2.45, 2.75) is 25.8 Å². The van der Waals surface area contributed by atoms with Gasteiger partial charge in [0, 0.05) is 12.1 Å². The van der Waals surface area contributed by atoms with E-state index >= 15 is 0 Å². The average Bonchev–Trinajstić information content (AvgIpc) is 3.45. The van der Waals surface area contributed by atoms with Crippen LogP contribution in [0, 0.1) is 0 Å². The van der Waals surface area contributed by atoms with Gasteiger partial charge in [-0.3, -0.25) is 9.69 Å². The number of nitrogens with one attached hydrogen (secondary N) is 1. The normalized spacial score (nSPS) is 14.8. The molecule has 168 valence electrons. The van der Waals surface area contributed by atoms with Crippen LogP contribution >= 0.6 is 0 Å². The Morgan fingerprint density at radius 2 is 1.94 bits per heavy atom. The van der Waals surface area contributed by atoms with Crippen LogP contribution in [-0.2, 0) is 6.54 Å². The Hall–Kier alpha value is -4.12. The molecule has 1 fully saturated rings. The molecule has 0 saturated carbocycles. The van der Waals surface area contributed by atoms with E-state index in [9.17, 15) is 4.79 Å². The molecule has 0 radical (unpaired) electrons. The molecule has 0 atom stereocenters. The van der Waals surface area contributed by atoms with Crippen LogP contribution in [0.25, 0.3) is 16.6 Å². The highest BCUT2D eigenvalue weighted by Crippen LogP contribution is 2.19. The van der Waals surface area contributed by atoms with E-state index in [1.165, 1.54) is 11.1 Å². The molecule has 1 aliphatic heterocycles. The molecule has 33 heavy (non-hydrogen) atoms. The van der Waals surface area contributed by atoms with Crippen LogP contribution in [0.15, 0.2) is 52.2 Å². The SMILES string of the molecule is Nc1nonc1-n1nnc(CN2CCCCC2)c1C(=O)N/N=C\c1cccc2ccccc12. The van der Waals surface area contributed by atoms with Crippen molar-refractivity contribution in [2.24, 2.45) is 5.10 Å². The second-order valence-corrected chi connectivity index (χ2v) is 7.87. The van der Waals surface area contributed by atoms with Gasteiger partial charge in [-0.25, -0.2) is 10.1 Å². The lowest BCUT2D eigenvalue weighted by Gasteiger charge is -2.25. The Labute approximate surface area is 189 Å². The third kappa shape index (κ3) is 4.30. The first-order valence-corrected chi connectivity index (χ1v) is 10.8. The van der Waals surface area contributed by atoms with E-state index in [-0.39, 0.29) is 17.3 Å². The predicted octanol–water partition coefficient (Wildman–Crippen LogP) is 2.14. The second-order valence-electron chi connectivity index (χ2n) is 7.87. The number of carbonyl (C=O) groups excluding carboxylic acids is 1. The Bertz CT molecular complexity index is 1300. The lowest BCUT2D eigenvalue weighted by Crippen LogP contribution is -2.31. The number of benzene rings is 2. The summed E-state index contributed by atoms with van der Waals surface area (Å²) >= 11 is 0. The molecule has 1 amide bonds. The lowest BCUT2D eigenvalue weighted by atomic mass is 10.1. The van der Waals surface area contributed by atoms with E-state index in [0.29, 0.717) is 12.2 Å². The van der Waals surface area contributed by atoms with Crippen LogP contribution in [-0.4, -0.2) is 55.4 Å². The molecule has 2 aromatic heterocycles. The van der Waals surface area contributed by atoms with Gasteiger partial charge in [-0.15, -0.1) is 5.10 Å². The largest absolute Gasteiger partial charge is 0.378 e. The van der Waals surface area contributed by atoms with E-state index in [0.717, 1.165) is 42.3 Å². The summed E-state index contributed by atoms with van der Waals surface area (Å²) in [6.07, 6.45) is 5.06. The van der Waals surface area contributed by atoms with E-state index in [4.69, 9.17) is 5.73 Å². The summed E-state index contributed by atoms with van der Waals surface area (Å²) < 4.78 is 5.93. The summed E-state index contributed by atoms with van der Waals surface area (Å²) in [7, 11) is 0. The molecule has 0 bridgehead atoms. The number of hydrogen-bond donors (Lipinski definition) is 2. The summed E-state index contributed by atoms with van der Waals surface area (Å²) in [6.45, 7) is 2.38. The fourth-order valence-corrected chi connectivity index (χ4v) is 4.04. The number of amides is 1. The van der Waals surface area contributed by atoms with Gasteiger partial charge < -0.3 is 5.73 Å². The van der Waals surface area contributed by atoms with Crippen molar-refractivity contribution in [1.29, 1.82) is 0 Å². The van der Waals surface area contributed by atoms with Gasteiger partial charge in [0.05, 0.1) is 6.21 Å². The highest BCUT2D eigenvalue weighted by Gasteiger charge is 2.26. The van der Waals surface area contributed by atoms with Crippen LogP contribution in [0.5, 0.6) is 0 Å². The number of carbonyl (C=O) groups is 1. The van der Waals surface area contributed by atoms with Crippen LogP contribution in [0.2, 0.25) is 0 Å².